The van der Waals surface area contributed by atoms with Crippen LogP contribution >= 0.6 is 15.9 Å². The predicted octanol–water partition coefficient (Wildman–Crippen LogP) is 2.49. The fraction of sp³-hybridized carbons (Fsp3) is 0.200. The first-order valence-electron chi connectivity index (χ1n) is 4.56. The van der Waals surface area contributed by atoms with Gasteiger partial charge in [0.05, 0.1) is 0 Å². The van der Waals surface area contributed by atoms with E-state index in [0.29, 0.717) is 0 Å². The lowest BCUT2D eigenvalue weighted by Gasteiger charge is -2.03. The van der Waals surface area contributed by atoms with Crippen molar-refractivity contribution < 1.29 is 5.02 Å². The molecule has 2 aromatic rings. The largest absolute Gasteiger partial charge is 0.432 e. The highest BCUT2D eigenvalue weighted by atomic mass is 79.9. The van der Waals surface area contributed by atoms with E-state index in [4.69, 9.17) is 0 Å². The highest BCUT2D eigenvalue weighted by Crippen LogP contribution is 2.23. The molecule has 0 saturated carbocycles. The lowest BCUT2D eigenvalue weighted by molar-refractivity contribution is 0.566. The van der Waals surface area contributed by atoms with Crippen molar-refractivity contribution in [1.29, 1.82) is 0 Å². The molecule has 0 radical (unpaired) electrons. The van der Waals surface area contributed by atoms with E-state index in [9.17, 15) is 5.02 Å². The zero-order chi connectivity index (χ0) is 10.1. The number of para-hydroxylation sites is 1. The first-order valence-corrected chi connectivity index (χ1v) is 5.68. The number of benzene rings is 1. The Morgan fingerprint density at radius 3 is 2.79 bits per heavy atom. The Morgan fingerprint density at radius 2 is 2.14 bits per heavy atom. The van der Waals surface area contributed by atoms with E-state index in [1.165, 1.54) is 10.9 Å². The number of hydrogen-bond acceptors (Lipinski definition) is 1. The van der Waals surface area contributed by atoms with Crippen molar-refractivity contribution in [3.05, 3.63) is 36.0 Å². The summed E-state index contributed by atoms with van der Waals surface area (Å²) in [6, 6.07) is 8.10. The molecule has 14 heavy (non-hydrogen) atoms. The molecule has 1 aromatic heterocycles. The van der Waals surface area contributed by atoms with Crippen LogP contribution in [0.5, 0.6) is 0 Å². The molecule has 2 rings (SSSR count). The van der Waals surface area contributed by atoms with Crippen LogP contribution < -0.4 is 0 Å². The molecule has 0 atom stereocenters. The van der Waals surface area contributed by atoms with Crippen molar-refractivity contribution in [1.82, 2.24) is 4.48 Å². The summed E-state index contributed by atoms with van der Waals surface area (Å²) in [4.78, 5) is 0. The molecule has 1 heterocycles. The van der Waals surface area contributed by atoms with Gasteiger partial charge in [-0.2, -0.15) is 0 Å². The molecule has 1 N–H and O–H groups in total. The van der Waals surface area contributed by atoms with Gasteiger partial charge in [0.25, 0.3) is 0 Å². The smallest absolute Gasteiger partial charge is 0.413 e. The van der Waals surface area contributed by atoms with E-state index in [-0.39, 0.29) is 0 Å². The minimum absolute atomic E-state index is 0.479. The third-order valence-electron chi connectivity index (χ3n) is 2.37. The molecule has 0 spiro atoms. The number of nitrogens with zero attached hydrogens (tertiary/aromatic N) is 1. The Kier molecular flexibility index (Phi) is 2.65. The van der Waals surface area contributed by atoms with E-state index in [0.717, 1.165) is 10.8 Å². The first kappa shape index (κ1) is 9.81. The van der Waals surface area contributed by atoms with Crippen LogP contribution in [0.2, 0.25) is 6.82 Å². The zero-order valence-electron chi connectivity index (χ0n) is 7.94. The summed E-state index contributed by atoms with van der Waals surface area (Å²) >= 11 is 3.45. The summed E-state index contributed by atoms with van der Waals surface area (Å²) in [5.41, 5.74) is 2.29. The Balaban J connectivity index is 2.73. The van der Waals surface area contributed by atoms with E-state index in [1.807, 2.05) is 28.9 Å². The topological polar surface area (TPSA) is 25.2 Å². The standard InChI is InChI=1S/C10H11BBrNO/c1-11(14)13-7-8(6-12)9-4-2-3-5-10(9)13/h2-5,7,14H,6H2,1H3. The molecular weight excluding hydrogens is 241 g/mol. The molecule has 0 aliphatic heterocycles. The second-order valence-corrected chi connectivity index (χ2v) is 3.90. The van der Waals surface area contributed by atoms with E-state index in [2.05, 4.69) is 22.0 Å². The van der Waals surface area contributed by atoms with E-state index >= 15 is 0 Å². The van der Waals surface area contributed by atoms with Crippen LogP contribution in [0.3, 0.4) is 0 Å². The molecular formula is C10H11BBrNO. The van der Waals surface area contributed by atoms with Crippen LogP contribution in [0.1, 0.15) is 5.56 Å². The van der Waals surface area contributed by atoms with Gasteiger partial charge in [-0.25, -0.2) is 0 Å². The fourth-order valence-electron chi connectivity index (χ4n) is 1.69. The Labute approximate surface area is 91.8 Å². The van der Waals surface area contributed by atoms with Gasteiger partial charge in [0.1, 0.15) is 0 Å². The lowest BCUT2D eigenvalue weighted by atomic mass is 9.88. The molecule has 2 nitrogen and oxygen atoms in total. The van der Waals surface area contributed by atoms with Crippen LogP contribution in [-0.2, 0) is 5.33 Å². The molecule has 0 amide bonds. The maximum absolute atomic E-state index is 9.58. The van der Waals surface area contributed by atoms with Gasteiger partial charge >= 0.3 is 7.05 Å². The molecule has 0 fully saturated rings. The number of aromatic nitrogens is 1. The van der Waals surface area contributed by atoms with Crippen LogP contribution in [0.15, 0.2) is 30.5 Å². The van der Waals surface area contributed by atoms with Crippen molar-refractivity contribution >= 4 is 33.9 Å². The molecule has 0 saturated heterocycles. The van der Waals surface area contributed by atoms with Gasteiger partial charge in [-0.05, 0) is 24.6 Å². The lowest BCUT2D eigenvalue weighted by Crippen LogP contribution is -2.18. The second kappa shape index (κ2) is 3.79. The average molecular weight is 252 g/mol. The highest BCUT2D eigenvalue weighted by molar-refractivity contribution is 9.08. The minimum Gasteiger partial charge on any atom is -0.432 e. The number of alkyl halides is 1. The summed E-state index contributed by atoms with van der Waals surface area (Å²) in [5, 5.41) is 11.6. The Morgan fingerprint density at radius 1 is 1.43 bits per heavy atom. The number of hydrogen-bond donors (Lipinski definition) is 1. The van der Waals surface area contributed by atoms with Gasteiger partial charge in [0.2, 0.25) is 0 Å². The quantitative estimate of drug-likeness (QED) is 0.644. The molecule has 1 aromatic carbocycles. The summed E-state index contributed by atoms with van der Waals surface area (Å²) in [6.07, 6.45) is 1.99. The van der Waals surface area contributed by atoms with Crippen molar-refractivity contribution in [3.8, 4) is 0 Å². The van der Waals surface area contributed by atoms with E-state index in [1.54, 1.807) is 6.82 Å². The zero-order valence-corrected chi connectivity index (χ0v) is 9.53. The van der Waals surface area contributed by atoms with Gasteiger partial charge < -0.3 is 9.50 Å². The summed E-state index contributed by atoms with van der Waals surface area (Å²) in [7, 11) is -0.479. The minimum atomic E-state index is -0.479. The summed E-state index contributed by atoms with van der Waals surface area (Å²) in [5.74, 6) is 0. The first-order chi connectivity index (χ1) is 6.74. The Bertz CT molecular complexity index is 452. The van der Waals surface area contributed by atoms with Gasteiger partial charge in [0, 0.05) is 16.2 Å². The van der Waals surface area contributed by atoms with Crippen molar-refractivity contribution in [2.45, 2.75) is 12.2 Å². The van der Waals surface area contributed by atoms with Gasteiger partial charge in [-0.1, -0.05) is 34.1 Å². The van der Waals surface area contributed by atoms with Crippen LogP contribution in [-0.4, -0.2) is 16.6 Å². The van der Waals surface area contributed by atoms with Crippen LogP contribution in [0.25, 0.3) is 10.9 Å². The maximum Gasteiger partial charge on any atom is 0.413 e. The van der Waals surface area contributed by atoms with Gasteiger partial charge in [-0.15, -0.1) is 0 Å². The van der Waals surface area contributed by atoms with Gasteiger partial charge in [0.15, 0.2) is 0 Å². The molecule has 0 aliphatic carbocycles. The van der Waals surface area contributed by atoms with Crippen molar-refractivity contribution in [2.24, 2.45) is 0 Å². The molecule has 0 unspecified atom stereocenters. The third kappa shape index (κ3) is 1.49. The predicted molar refractivity (Wildman–Crippen MR) is 63.8 cm³/mol. The number of halogens is 1. The molecule has 0 aliphatic rings. The Hall–Kier alpha value is -0.735. The van der Waals surface area contributed by atoms with Crippen LogP contribution in [0, 0.1) is 0 Å². The maximum atomic E-state index is 9.58. The summed E-state index contributed by atoms with van der Waals surface area (Å²) < 4.78 is 1.88. The third-order valence-corrected chi connectivity index (χ3v) is 2.97. The molecule has 72 valence electrons. The van der Waals surface area contributed by atoms with Crippen molar-refractivity contribution in [3.63, 3.8) is 0 Å². The fourth-order valence-corrected chi connectivity index (χ4v) is 2.14. The summed E-state index contributed by atoms with van der Waals surface area (Å²) in [6.45, 7) is 1.77. The normalized spacial score (nSPS) is 10.8. The van der Waals surface area contributed by atoms with E-state index < -0.39 is 7.05 Å². The SMILES string of the molecule is CB(O)n1cc(CBr)c2ccccc21. The monoisotopic (exact) mass is 251 g/mol. The average Bonchev–Trinajstić information content (AvgIpc) is 2.56. The van der Waals surface area contributed by atoms with Crippen LogP contribution in [0.4, 0.5) is 0 Å². The highest BCUT2D eigenvalue weighted by Gasteiger charge is 2.12. The number of rotatable bonds is 2. The number of fused-ring (bicyclic) bond motifs is 1. The molecule has 4 heteroatoms. The van der Waals surface area contributed by atoms with Crippen molar-refractivity contribution in [2.75, 3.05) is 0 Å². The molecule has 0 bridgehead atoms. The van der Waals surface area contributed by atoms with Gasteiger partial charge in [-0.3, -0.25) is 0 Å². The second-order valence-electron chi connectivity index (χ2n) is 3.34.